The van der Waals surface area contributed by atoms with Crippen LogP contribution in [0.2, 0.25) is 0 Å². The first-order valence-electron chi connectivity index (χ1n) is 6.88. The summed E-state index contributed by atoms with van der Waals surface area (Å²) >= 11 is 5.03. The number of rotatable bonds is 2. The highest BCUT2D eigenvalue weighted by atomic mass is 79.9. The molecule has 3 rings (SSSR count). The van der Waals surface area contributed by atoms with Crippen LogP contribution in [-0.2, 0) is 13.6 Å². The molecule has 2 heterocycles. The summed E-state index contributed by atoms with van der Waals surface area (Å²) in [4.78, 5) is 17.3. The highest BCUT2D eigenvalue weighted by Gasteiger charge is 2.12. The molecule has 3 aromatic rings. The van der Waals surface area contributed by atoms with Gasteiger partial charge in [-0.3, -0.25) is 9.48 Å². The number of thiazole rings is 1. The van der Waals surface area contributed by atoms with Crippen LogP contribution in [0.3, 0.4) is 0 Å². The molecule has 0 bridgehead atoms. The third-order valence-corrected chi connectivity index (χ3v) is 5.21. The minimum absolute atomic E-state index is 0.312. The molecule has 0 saturated heterocycles. The number of benzene rings is 1. The van der Waals surface area contributed by atoms with Crippen molar-refractivity contribution in [2.45, 2.75) is 20.4 Å². The molecule has 0 N–H and O–H groups in total. The van der Waals surface area contributed by atoms with Gasteiger partial charge in [0.15, 0.2) is 10.5 Å². The molecule has 0 aliphatic rings. The van der Waals surface area contributed by atoms with Crippen LogP contribution in [0, 0.1) is 6.92 Å². The van der Waals surface area contributed by atoms with E-state index in [0.29, 0.717) is 10.5 Å². The predicted octanol–water partition coefficient (Wildman–Crippen LogP) is 3.27. The van der Waals surface area contributed by atoms with E-state index in [1.54, 1.807) is 10.7 Å². The summed E-state index contributed by atoms with van der Waals surface area (Å²) in [6.07, 6.45) is 0. The summed E-state index contributed by atoms with van der Waals surface area (Å²) < 4.78 is 5.79. The van der Waals surface area contributed by atoms with Gasteiger partial charge in [-0.05, 0) is 48.0 Å². The number of fused-ring (bicyclic) bond motifs is 1. The lowest BCUT2D eigenvalue weighted by molar-refractivity contribution is 0.0992. The van der Waals surface area contributed by atoms with E-state index in [-0.39, 0.29) is 5.91 Å². The van der Waals surface area contributed by atoms with Crippen LogP contribution in [-0.4, -0.2) is 20.3 Å². The Labute approximate surface area is 140 Å². The van der Waals surface area contributed by atoms with E-state index >= 15 is 0 Å². The first-order chi connectivity index (χ1) is 10.5. The van der Waals surface area contributed by atoms with Gasteiger partial charge in [-0.1, -0.05) is 17.4 Å². The van der Waals surface area contributed by atoms with E-state index in [1.165, 1.54) is 11.3 Å². The molecule has 2 aromatic heterocycles. The Morgan fingerprint density at radius 2 is 2.23 bits per heavy atom. The highest BCUT2D eigenvalue weighted by Crippen LogP contribution is 2.24. The van der Waals surface area contributed by atoms with Crippen molar-refractivity contribution in [3.8, 4) is 0 Å². The molecule has 0 radical (unpaired) electrons. The number of aryl methyl sites for hydroxylation is 3. The third kappa shape index (κ3) is 2.55. The minimum Gasteiger partial charge on any atom is -0.318 e. The molecule has 0 aliphatic heterocycles. The number of para-hydroxylation sites is 1. The van der Waals surface area contributed by atoms with Gasteiger partial charge < -0.3 is 4.57 Å². The van der Waals surface area contributed by atoms with Crippen molar-refractivity contribution >= 4 is 43.4 Å². The van der Waals surface area contributed by atoms with Crippen molar-refractivity contribution in [1.29, 1.82) is 0 Å². The van der Waals surface area contributed by atoms with Gasteiger partial charge in [0.25, 0.3) is 5.91 Å². The summed E-state index contributed by atoms with van der Waals surface area (Å²) in [5.41, 5.74) is 2.38. The molecular formula is C15H15BrN4OS. The normalized spacial score (nSPS) is 12.3. The Kier molecular flexibility index (Phi) is 4.01. The van der Waals surface area contributed by atoms with E-state index < -0.39 is 0 Å². The van der Waals surface area contributed by atoms with E-state index in [0.717, 1.165) is 26.9 Å². The van der Waals surface area contributed by atoms with Crippen molar-refractivity contribution in [2.75, 3.05) is 0 Å². The van der Waals surface area contributed by atoms with Crippen molar-refractivity contribution in [1.82, 2.24) is 14.3 Å². The van der Waals surface area contributed by atoms with Crippen LogP contribution in [0.5, 0.6) is 0 Å². The van der Waals surface area contributed by atoms with E-state index in [4.69, 9.17) is 0 Å². The van der Waals surface area contributed by atoms with Gasteiger partial charge in [0, 0.05) is 23.8 Å². The second-order valence-corrected chi connectivity index (χ2v) is 6.80. The lowest BCUT2D eigenvalue weighted by atomic mass is 10.3. The summed E-state index contributed by atoms with van der Waals surface area (Å²) in [7, 11) is 1.91. The molecule has 0 spiro atoms. The van der Waals surface area contributed by atoms with Crippen molar-refractivity contribution in [2.24, 2.45) is 12.0 Å². The van der Waals surface area contributed by atoms with Gasteiger partial charge in [0.1, 0.15) is 0 Å². The zero-order valence-electron chi connectivity index (χ0n) is 12.5. The quantitative estimate of drug-likeness (QED) is 0.686. The molecule has 0 saturated carbocycles. The van der Waals surface area contributed by atoms with Crippen molar-refractivity contribution < 1.29 is 4.79 Å². The van der Waals surface area contributed by atoms with Crippen LogP contribution in [0.1, 0.15) is 23.1 Å². The van der Waals surface area contributed by atoms with Gasteiger partial charge in [-0.2, -0.15) is 10.1 Å². The summed E-state index contributed by atoms with van der Waals surface area (Å²) in [5, 5.41) is 4.28. The van der Waals surface area contributed by atoms with E-state index in [1.807, 2.05) is 43.7 Å². The average Bonchev–Trinajstić information content (AvgIpc) is 3.01. The Balaban J connectivity index is 2.10. The SMILES string of the molecule is CCn1nc(C(=O)N=c2sc3cccc(Br)c3n2C)cc1C. The number of nitrogens with zero attached hydrogens (tertiary/aromatic N) is 4. The highest BCUT2D eigenvalue weighted by molar-refractivity contribution is 9.10. The van der Waals surface area contributed by atoms with Crippen LogP contribution in [0.4, 0.5) is 0 Å². The molecule has 0 unspecified atom stereocenters. The van der Waals surface area contributed by atoms with Gasteiger partial charge in [-0.15, -0.1) is 0 Å². The molecule has 0 fully saturated rings. The molecule has 5 nitrogen and oxygen atoms in total. The molecule has 0 atom stereocenters. The fourth-order valence-electron chi connectivity index (χ4n) is 2.34. The standard InChI is InChI=1S/C15H15BrN4OS/c1-4-20-9(2)8-11(18-20)14(21)17-15-19(3)13-10(16)6-5-7-12(13)22-15/h5-8H,4H2,1-3H3. The molecule has 1 aromatic carbocycles. The molecule has 1 amide bonds. The number of hydrogen-bond acceptors (Lipinski definition) is 3. The first kappa shape index (κ1) is 15.2. The van der Waals surface area contributed by atoms with Crippen molar-refractivity contribution in [3.63, 3.8) is 0 Å². The van der Waals surface area contributed by atoms with E-state index in [9.17, 15) is 4.79 Å². The molecule has 22 heavy (non-hydrogen) atoms. The van der Waals surface area contributed by atoms with Gasteiger partial charge in [-0.25, -0.2) is 0 Å². The summed E-state index contributed by atoms with van der Waals surface area (Å²) in [6, 6.07) is 7.75. The van der Waals surface area contributed by atoms with Crippen LogP contribution in [0.15, 0.2) is 33.7 Å². The second-order valence-electron chi connectivity index (χ2n) is 4.93. The average molecular weight is 379 g/mol. The number of aromatic nitrogens is 3. The molecular weight excluding hydrogens is 364 g/mol. The Morgan fingerprint density at radius 1 is 1.45 bits per heavy atom. The lowest BCUT2D eigenvalue weighted by Crippen LogP contribution is -2.14. The topological polar surface area (TPSA) is 52.2 Å². The largest absolute Gasteiger partial charge is 0.318 e. The summed E-state index contributed by atoms with van der Waals surface area (Å²) in [6.45, 7) is 4.67. The zero-order valence-corrected chi connectivity index (χ0v) is 14.9. The third-order valence-electron chi connectivity index (χ3n) is 3.47. The van der Waals surface area contributed by atoms with Gasteiger partial charge >= 0.3 is 0 Å². The minimum atomic E-state index is -0.312. The van der Waals surface area contributed by atoms with Gasteiger partial charge in [0.05, 0.1) is 10.2 Å². The smallest absolute Gasteiger partial charge is 0.300 e. The zero-order chi connectivity index (χ0) is 15.9. The fourth-order valence-corrected chi connectivity index (χ4v) is 4.15. The first-order valence-corrected chi connectivity index (χ1v) is 8.49. The maximum absolute atomic E-state index is 12.3. The van der Waals surface area contributed by atoms with Crippen LogP contribution in [0.25, 0.3) is 10.2 Å². The number of hydrogen-bond donors (Lipinski definition) is 0. The Bertz CT molecular complexity index is 935. The number of halogens is 1. The lowest BCUT2D eigenvalue weighted by Gasteiger charge is -1.97. The van der Waals surface area contributed by atoms with Crippen LogP contribution >= 0.6 is 27.3 Å². The molecule has 7 heteroatoms. The predicted molar refractivity (Wildman–Crippen MR) is 91.0 cm³/mol. The summed E-state index contributed by atoms with van der Waals surface area (Å²) in [5.74, 6) is -0.312. The Hall–Kier alpha value is -1.73. The molecule has 0 aliphatic carbocycles. The monoisotopic (exact) mass is 378 g/mol. The van der Waals surface area contributed by atoms with Crippen molar-refractivity contribution in [3.05, 3.63) is 44.9 Å². The van der Waals surface area contributed by atoms with Gasteiger partial charge in [0.2, 0.25) is 0 Å². The van der Waals surface area contributed by atoms with E-state index in [2.05, 4.69) is 26.0 Å². The number of carbonyl (C=O) groups excluding carboxylic acids is 1. The maximum Gasteiger partial charge on any atom is 0.300 e. The fraction of sp³-hybridized carbons (Fsp3) is 0.267. The Morgan fingerprint density at radius 3 is 2.86 bits per heavy atom. The number of amides is 1. The van der Waals surface area contributed by atoms with Crippen LogP contribution < -0.4 is 4.80 Å². The number of carbonyl (C=O) groups is 1. The second kappa shape index (κ2) is 5.81. The molecule has 114 valence electrons. The maximum atomic E-state index is 12.3.